The number of carbonyl (C=O) groups excluding carboxylic acids is 1. The summed E-state index contributed by atoms with van der Waals surface area (Å²) in [7, 11) is 0. The van der Waals surface area contributed by atoms with Crippen molar-refractivity contribution in [3.05, 3.63) is 29.8 Å². The molecule has 1 N–H and O–H groups in total. The molecule has 0 radical (unpaired) electrons. The fourth-order valence-electron chi connectivity index (χ4n) is 2.20. The first-order valence-corrected chi connectivity index (χ1v) is 7.52. The summed E-state index contributed by atoms with van der Waals surface area (Å²) >= 11 is 1.69. The van der Waals surface area contributed by atoms with Gasteiger partial charge in [-0.25, -0.2) is 0 Å². The van der Waals surface area contributed by atoms with Gasteiger partial charge in [0.05, 0.1) is 0 Å². The van der Waals surface area contributed by atoms with Gasteiger partial charge in [0.15, 0.2) is 0 Å². The number of nitrogens with one attached hydrogen (secondary N) is 1. The molecule has 0 saturated carbocycles. The number of benzene rings is 1. The molecule has 1 heterocycles. The van der Waals surface area contributed by atoms with E-state index >= 15 is 0 Å². The largest absolute Gasteiger partial charge is 0.333 e. The van der Waals surface area contributed by atoms with Gasteiger partial charge in [-0.15, -0.1) is 11.8 Å². The molecule has 1 aliphatic heterocycles. The Morgan fingerprint density at radius 2 is 2.00 bits per heavy atom. The van der Waals surface area contributed by atoms with Crippen LogP contribution >= 0.6 is 11.8 Å². The third kappa shape index (κ3) is 2.87. The smallest absolute Gasteiger partial charge is 0.254 e. The van der Waals surface area contributed by atoms with Crippen molar-refractivity contribution in [1.29, 1.82) is 0 Å². The van der Waals surface area contributed by atoms with Crippen LogP contribution in [0.25, 0.3) is 0 Å². The maximum absolute atomic E-state index is 12.4. The molecule has 2 rings (SSSR count). The quantitative estimate of drug-likeness (QED) is 0.831. The van der Waals surface area contributed by atoms with E-state index < -0.39 is 0 Å². The zero-order valence-electron chi connectivity index (χ0n) is 11.1. The van der Waals surface area contributed by atoms with Crippen LogP contribution in [0.15, 0.2) is 29.2 Å². The van der Waals surface area contributed by atoms with Crippen LogP contribution in [0.4, 0.5) is 0 Å². The molecule has 0 spiro atoms. The second-order valence-electron chi connectivity index (χ2n) is 4.84. The third-order valence-corrected chi connectivity index (χ3v) is 4.11. The average Bonchev–Trinajstić information content (AvgIpc) is 2.41. The van der Waals surface area contributed by atoms with Crippen molar-refractivity contribution in [2.45, 2.75) is 30.8 Å². The second kappa shape index (κ2) is 5.76. The predicted octanol–water partition coefficient (Wildman–Crippen LogP) is 2.23. The molecule has 1 saturated heterocycles. The van der Waals surface area contributed by atoms with E-state index in [0.717, 1.165) is 18.7 Å². The maximum atomic E-state index is 12.4. The Kier molecular flexibility index (Phi) is 4.30. The molecule has 2 atom stereocenters. The Bertz CT molecular complexity index is 418. The van der Waals surface area contributed by atoms with E-state index in [-0.39, 0.29) is 11.9 Å². The summed E-state index contributed by atoms with van der Waals surface area (Å²) in [4.78, 5) is 15.6. The van der Waals surface area contributed by atoms with Gasteiger partial charge in [0, 0.05) is 35.6 Å². The lowest BCUT2D eigenvalue weighted by Gasteiger charge is -2.37. The van der Waals surface area contributed by atoms with E-state index in [1.807, 2.05) is 35.4 Å². The van der Waals surface area contributed by atoms with E-state index in [9.17, 15) is 4.79 Å². The van der Waals surface area contributed by atoms with Crippen molar-refractivity contribution in [2.24, 2.45) is 0 Å². The SMILES string of the molecule is CSc1ccc(C(=O)N2CC(C)NCC2C)cc1. The van der Waals surface area contributed by atoms with Crippen LogP contribution in [0, 0.1) is 0 Å². The zero-order chi connectivity index (χ0) is 13.1. The van der Waals surface area contributed by atoms with E-state index in [2.05, 4.69) is 19.2 Å². The Morgan fingerprint density at radius 3 is 2.61 bits per heavy atom. The number of hydrogen-bond acceptors (Lipinski definition) is 3. The minimum atomic E-state index is 0.142. The molecule has 1 fully saturated rings. The summed E-state index contributed by atoms with van der Waals surface area (Å²) in [5.74, 6) is 0.142. The minimum absolute atomic E-state index is 0.142. The molecule has 2 unspecified atom stereocenters. The summed E-state index contributed by atoms with van der Waals surface area (Å²) < 4.78 is 0. The molecular weight excluding hydrogens is 244 g/mol. The maximum Gasteiger partial charge on any atom is 0.254 e. The molecular formula is C14H20N2OS. The first kappa shape index (κ1) is 13.4. The zero-order valence-corrected chi connectivity index (χ0v) is 12.0. The van der Waals surface area contributed by atoms with Crippen LogP contribution in [0.1, 0.15) is 24.2 Å². The van der Waals surface area contributed by atoms with Gasteiger partial charge >= 0.3 is 0 Å². The number of piperazine rings is 1. The van der Waals surface area contributed by atoms with Crippen molar-refractivity contribution in [2.75, 3.05) is 19.3 Å². The molecule has 0 bridgehead atoms. The Balaban J connectivity index is 2.13. The lowest BCUT2D eigenvalue weighted by Crippen LogP contribution is -2.56. The molecule has 3 nitrogen and oxygen atoms in total. The number of hydrogen-bond donors (Lipinski definition) is 1. The lowest BCUT2D eigenvalue weighted by atomic mass is 10.1. The summed E-state index contributed by atoms with van der Waals surface area (Å²) in [6.07, 6.45) is 2.04. The normalized spacial score (nSPS) is 24.1. The highest BCUT2D eigenvalue weighted by atomic mass is 32.2. The number of rotatable bonds is 2. The topological polar surface area (TPSA) is 32.3 Å². The number of thioether (sulfide) groups is 1. The minimum Gasteiger partial charge on any atom is -0.333 e. The second-order valence-corrected chi connectivity index (χ2v) is 5.72. The van der Waals surface area contributed by atoms with Crippen molar-refractivity contribution in [3.63, 3.8) is 0 Å². The van der Waals surface area contributed by atoms with Gasteiger partial charge < -0.3 is 10.2 Å². The van der Waals surface area contributed by atoms with E-state index in [0.29, 0.717) is 6.04 Å². The van der Waals surface area contributed by atoms with Gasteiger partial charge in [-0.1, -0.05) is 0 Å². The van der Waals surface area contributed by atoms with Gasteiger partial charge in [0.1, 0.15) is 0 Å². The van der Waals surface area contributed by atoms with Crippen LogP contribution in [-0.4, -0.2) is 42.2 Å². The third-order valence-electron chi connectivity index (χ3n) is 3.36. The van der Waals surface area contributed by atoms with E-state index in [1.165, 1.54) is 4.90 Å². The molecule has 98 valence electrons. The molecule has 1 aliphatic rings. The van der Waals surface area contributed by atoms with E-state index in [4.69, 9.17) is 0 Å². The van der Waals surface area contributed by atoms with Crippen LogP contribution in [0.2, 0.25) is 0 Å². The highest BCUT2D eigenvalue weighted by Gasteiger charge is 2.27. The molecule has 1 aromatic carbocycles. The Labute approximate surface area is 113 Å². The molecule has 1 aromatic rings. The number of nitrogens with zero attached hydrogens (tertiary/aromatic N) is 1. The predicted molar refractivity (Wildman–Crippen MR) is 76.2 cm³/mol. The van der Waals surface area contributed by atoms with Crippen molar-refractivity contribution in [1.82, 2.24) is 10.2 Å². The number of carbonyl (C=O) groups is 1. The van der Waals surface area contributed by atoms with Gasteiger partial charge in [0.25, 0.3) is 5.91 Å². The fourth-order valence-corrected chi connectivity index (χ4v) is 2.61. The number of amides is 1. The standard InChI is InChI=1S/C14H20N2OS/c1-10-9-16(11(2)8-15-10)14(17)12-4-6-13(18-3)7-5-12/h4-7,10-11,15H,8-9H2,1-3H3. The first-order chi connectivity index (χ1) is 8.61. The first-order valence-electron chi connectivity index (χ1n) is 6.30. The van der Waals surface area contributed by atoms with Gasteiger partial charge in [-0.2, -0.15) is 0 Å². The Hall–Kier alpha value is -1.00. The van der Waals surface area contributed by atoms with Gasteiger partial charge in [-0.05, 0) is 44.4 Å². The highest BCUT2D eigenvalue weighted by Crippen LogP contribution is 2.17. The lowest BCUT2D eigenvalue weighted by molar-refractivity contribution is 0.0616. The van der Waals surface area contributed by atoms with E-state index in [1.54, 1.807) is 11.8 Å². The molecule has 1 amide bonds. The van der Waals surface area contributed by atoms with Gasteiger partial charge in [0.2, 0.25) is 0 Å². The molecule has 18 heavy (non-hydrogen) atoms. The highest BCUT2D eigenvalue weighted by molar-refractivity contribution is 7.98. The van der Waals surface area contributed by atoms with Crippen LogP contribution in [0.5, 0.6) is 0 Å². The average molecular weight is 264 g/mol. The Morgan fingerprint density at radius 1 is 1.33 bits per heavy atom. The van der Waals surface area contributed by atoms with Crippen molar-refractivity contribution >= 4 is 17.7 Å². The van der Waals surface area contributed by atoms with Gasteiger partial charge in [-0.3, -0.25) is 4.79 Å². The summed E-state index contributed by atoms with van der Waals surface area (Å²) in [6, 6.07) is 8.49. The summed E-state index contributed by atoms with van der Waals surface area (Å²) in [5.41, 5.74) is 0.786. The molecule has 4 heteroatoms. The van der Waals surface area contributed by atoms with Crippen LogP contribution in [-0.2, 0) is 0 Å². The monoisotopic (exact) mass is 264 g/mol. The molecule has 0 aliphatic carbocycles. The summed E-state index contributed by atoms with van der Waals surface area (Å²) in [5, 5.41) is 3.39. The van der Waals surface area contributed by atoms with Crippen molar-refractivity contribution in [3.8, 4) is 0 Å². The molecule has 0 aromatic heterocycles. The van der Waals surface area contributed by atoms with Crippen molar-refractivity contribution < 1.29 is 4.79 Å². The fraction of sp³-hybridized carbons (Fsp3) is 0.500. The van der Waals surface area contributed by atoms with Crippen LogP contribution in [0.3, 0.4) is 0 Å². The van der Waals surface area contributed by atoms with Crippen LogP contribution < -0.4 is 5.32 Å². The summed E-state index contributed by atoms with van der Waals surface area (Å²) in [6.45, 7) is 5.86.